The van der Waals surface area contributed by atoms with E-state index in [0.717, 1.165) is 11.6 Å². The highest BCUT2D eigenvalue weighted by atomic mass is 35.5. The predicted molar refractivity (Wildman–Crippen MR) is 71.6 cm³/mol. The van der Waals surface area contributed by atoms with Crippen molar-refractivity contribution in [2.45, 2.75) is 12.5 Å². The molecule has 0 saturated heterocycles. The SMILES string of the molecule is NNC(Cc1cc(F)cc(F)c1)c1ccccc1Cl. The quantitative estimate of drug-likeness (QED) is 0.666. The standard InChI is InChI=1S/C14H13ClF2N2/c15-13-4-2-1-3-12(13)14(19-18)7-9-5-10(16)8-11(17)6-9/h1-6,8,14,19H,7,18H2. The predicted octanol–water partition coefficient (Wildman–Crippen LogP) is 3.37. The molecule has 2 rings (SSSR count). The molecule has 0 aliphatic carbocycles. The maximum absolute atomic E-state index is 13.1. The van der Waals surface area contributed by atoms with Crippen molar-refractivity contribution in [3.8, 4) is 0 Å². The molecule has 19 heavy (non-hydrogen) atoms. The van der Waals surface area contributed by atoms with Crippen LogP contribution in [0.5, 0.6) is 0 Å². The molecule has 0 bridgehead atoms. The van der Waals surface area contributed by atoms with Crippen molar-refractivity contribution in [1.82, 2.24) is 5.43 Å². The summed E-state index contributed by atoms with van der Waals surface area (Å²) in [5, 5.41) is 0.558. The largest absolute Gasteiger partial charge is 0.271 e. The Morgan fingerprint density at radius 1 is 1.11 bits per heavy atom. The van der Waals surface area contributed by atoms with E-state index in [-0.39, 0.29) is 6.04 Å². The van der Waals surface area contributed by atoms with E-state index in [9.17, 15) is 8.78 Å². The second-order valence-corrected chi connectivity index (χ2v) is 4.63. The van der Waals surface area contributed by atoms with Crippen LogP contribution in [0.2, 0.25) is 5.02 Å². The van der Waals surface area contributed by atoms with E-state index in [1.54, 1.807) is 12.1 Å². The van der Waals surface area contributed by atoms with Crippen molar-refractivity contribution >= 4 is 11.6 Å². The molecule has 0 spiro atoms. The third-order valence-corrected chi connectivity index (χ3v) is 3.19. The molecule has 0 fully saturated rings. The van der Waals surface area contributed by atoms with Gasteiger partial charge in [0.1, 0.15) is 11.6 Å². The number of hydrazine groups is 1. The minimum absolute atomic E-state index is 0.310. The molecule has 0 aliphatic heterocycles. The van der Waals surface area contributed by atoms with Crippen molar-refractivity contribution in [3.63, 3.8) is 0 Å². The number of halogens is 3. The molecule has 0 aliphatic rings. The van der Waals surface area contributed by atoms with Crippen LogP contribution in [0.15, 0.2) is 42.5 Å². The number of nitrogens with two attached hydrogens (primary N) is 1. The van der Waals surface area contributed by atoms with Gasteiger partial charge in [-0.15, -0.1) is 0 Å². The van der Waals surface area contributed by atoms with Gasteiger partial charge in [-0.05, 0) is 35.7 Å². The zero-order valence-electron chi connectivity index (χ0n) is 10.0. The van der Waals surface area contributed by atoms with Gasteiger partial charge in [-0.25, -0.2) is 8.78 Å². The molecule has 2 aromatic rings. The minimum atomic E-state index is -0.607. The van der Waals surface area contributed by atoms with Gasteiger partial charge in [-0.1, -0.05) is 29.8 Å². The molecule has 5 heteroatoms. The lowest BCUT2D eigenvalue weighted by molar-refractivity contribution is 0.540. The molecule has 1 unspecified atom stereocenters. The lowest BCUT2D eigenvalue weighted by atomic mass is 9.99. The Labute approximate surface area is 115 Å². The third-order valence-electron chi connectivity index (χ3n) is 2.84. The Morgan fingerprint density at radius 3 is 2.32 bits per heavy atom. The van der Waals surface area contributed by atoms with E-state index in [4.69, 9.17) is 17.4 Å². The first kappa shape index (κ1) is 13.9. The van der Waals surface area contributed by atoms with E-state index in [0.29, 0.717) is 17.0 Å². The van der Waals surface area contributed by atoms with Gasteiger partial charge < -0.3 is 0 Å². The summed E-state index contributed by atoms with van der Waals surface area (Å²) in [6, 6.07) is 10.3. The van der Waals surface area contributed by atoms with Crippen molar-refractivity contribution in [2.75, 3.05) is 0 Å². The summed E-state index contributed by atoms with van der Waals surface area (Å²) in [4.78, 5) is 0. The molecule has 2 nitrogen and oxygen atoms in total. The first-order valence-electron chi connectivity index (χ1n) is 5.75. The van der Waals surface area contributed by atoms with Crippen LogP contribution in [-0.4, -0.2) is 0 Å². The highest BCUT2D eigenvalue weighted by Crippen LogP contribution is 2.25. The van der Waals surface area contributed by atoms with Crippen molar-refractivity contribution in [2.24, 2.45) is 5.84 Å². The summed E-state index contributed by atoms with van der Waals surface area (Å²) in [7, 11) is 0. The number of hydrogen-bond donors (Lipinski definition) is 2. The number of hydrogen-bond acceptors (Lipinski definition) is 2. The molecule has 2 aromatic carbocycles. The lowest BCUT2D eigenvalue weighted by Gasteiger charge is -2.17. The second kappa shape index (κ2) is 6.10. The Morgan fingerprint density at radius 2 is 1.74 bits per heavy atom. The Bertz CT molecular complexity index is 555. The van der Waals surface area contributed by atoms with Crippen LogP contribution in [-0.2, 0) is 6.42 Å². The van der Waals surface area contributed by atoms with Crippen LogP contribution >= 0.6 is 11.6 Å². The van der Waals surface area contributed by atoms with Gasteiger partial charge in [-0.3, -0.25) is 11.3 Å². The van der Waals surface area contributed by atoms with Gasteiger partial charge >= 0.3 is 0 Å². The first-order valence-corrected chi connectivity index (χ1v) is 6.13. The average molecular weight is 283 g/mol. The Kier molecular flexibility index (Phi) is 4.47. The monoisotopic (exact) mass is 282 g/mol. The van der Waals surface area contributed by atoms with E-state index >= 15 is 0 Å². The zero-order chi connectivity index (χ0) is 13.8. The highest BCUT2D eigenvalue weighted by molar-refractivity contribution is 6.31. The van der Waals surface area contributed by atoms with Crippen LogP contribution < -0.4 is 11.3 Å². The van der Waals surface area contributed by atoms with E-state index in [1.165, 1.54) is 12.1 Å². The van der Waals surface area contributed by atoms with E-state index in [2.05, 4.69) is 5.43 Å². The molecule has 100 valence electrons. The van der Waals surface area contributed by atoms with Gasteiger partial charge in [-0.2, -0.15) is 0 Å². The molecule has 0 aromatic heterocycles. The summed E-state index contributed by atoms with van der Waals surface area (Å²) in [6.45, 7) is 0. The fourth-order valence-electron chi connectivity index (χ4n) is 1.98. The summed E-state index contributed by atoms with van der Waals surface area (Å²) in [5.74, 6) is 4.29. The molecular formula is C14H13ClF2N2. The Hall–Kier alpha value is -1.49. The summed E-state index contributed by atoms with van der Waals surface area (Å²) >= 11 is 6.08. The lowest BCUT2D eigenvalue weighted by Crippen LogP contribution is -2.29. The normalized spacial score (nSPS) is 12.4. The third kappa shape index (κ3) is 3.50. The fraction of sp³-hybridized carbons (Fsp3) is 0.143. The second-order valence-electron chi connectivity index (χ2n) is 4.22. The smallest absolute Gasteiger partial charge is 0.126 e. The van der Waals surface area contributed by atoms with Gasteiger partial charge in [0.25, 0.3) is 0 Å². The molecular weight excluding hydrogens is 270 g/mol. The van der Waals surface area contributed by atoms with Gasteiger partial charge in [0.15, 0.2) is 0 Å². The van der Waals surface area contributed by atoms with Crippen LogP contribution in [0.3, 0.4) is 0 Å². The fourth-order valence-corrected chi connectivity index (χ4v) is 2.25. The molecule has 0 saturated carbocycles. The van der Waals surface area contributed by atoms with Gasteiger partial charge in [0.2, 0.25) is 0 Å². The van der Waals surface area contributed by atoms with Crippen molar-refractivity contribution < 1.29 is 8.78 Å². The maximum Gasteiger partial charge on any atom is 0.126 e. The molecule has 3 N–H and O–H groups in total. The Balaban J connectivity index is 2.26. The van der Waals surface area contributed by atoms with Gasteiger partial charge in [0.05, 0.1) is 6.04 Å². The summed E-state index contributed by atoms with van der Waals surface area (Å²) in [6.07, 6.45) is 0.342. The van der Waals surface area contributed by atoms with Crippen LogP contribution in [0.1, 0.15) is 17.2 Å². The topological polar surface area (TPSA) is 38.0 Å². The van der Waals surface area contributed by atoms with Crippen molar-refractivity contribution in [1.29, 1.82) is 0 Å². The number of rotatable bonds is 4. The number of benzene rings is 2. The molecule has 1 atom stereocenters. The van der Waals surface area contributed by atoms with E-state index in [1.807, 2.05) is 12.1 Å². The summed E-state index contributed by atoms with van der Waals surface area (Å²) < 4.78 is 26.3. The van der Waals surface area contributed by atoms with Crippen LogP contribution in [0.4, 0.5) is 8.78 Å². The minimum Gasteiger partial charge on any atom is -0.271 e. The molecule has 0 heterocycles. The number of nitrogens with one attached hydrogen (secondary N) is 1. The average Bonchev–Trinajstić information content (AvgIpc) is 2.36. The maximum atomic E-state index is 13.1. The van der Waals surface area contributed by atoms with Crippen LogP contribution in [0.25, 0.3) is 0 Å². The molecule has 0 radical (unpaired) electrons. The molecule has 0 amide bonds. The highest BCUT2D eigenvalue weighted by Gasteiger charge is 2.14. The van der Waals surface area contributed by atoms with Gasteiger partial charge in [0, 0.05) is 11.1 Å². The van der Waals surface area contributed by atoms with Crippen molar-refractivity contribution in [3.05, 3.63) is 70.2 Å². The summed E-state index contributed by atoms with van der Waals surface area (Å²) in [5.41, 5.74) is 3.92. The van der Waals surface area contributed by atoms with Crippen LogP contribution in [0, 0.1) is 11.6 Å². The van der Waals surface area contributed by atoms with E-state index < -0.39 is 11.6 Å². The zero-order valence-corrected chi connectivity index (χ0v) is 10.8. The first-order chi connectivity index (χ1) is 9.10.